The lowest BCUT2D eigenvalue weighted by Gasteiger charge is -2.24. The topological polar surface area (TPSA) is 148 Å². The van der Waals surface area contributed by atoms with Crippen LogP contribution in [0.1, 0.15) is 43.1 Å². The molecular weight excluding hydrogens is 526 g/mol. The molecule has 1 aliphatic rings. The molecule has 2 aromatic carbocycles. The van der Waals surface area contributed by atoms with E-state index in [4.69, 9.17) is 9.47 Å². The van der Waals surface area contributed by atoms with Crippen molar-refractivity contribution in [3.8, 4) is 0 Å². The van der Waals surface area contributed by atoms with Crippen molar-refractivity contribution in [3.63, 3.8) is 0 Å². The summed E-state index contributed by atoms with van der Waals surface area (Å²) in [4.78, 5) is 42.5. The average molecular weight is 564 g/mol. The van der Waals surface area contributed by atoms with Crippen molar-refractivity contribution in [2.75, 3.05) is 26.2 Å². The van der Waals surface area contributed by atoms with Gasteiger partial charge < -0.3 is 30.7 Å². The van der Waals surface area contributed by atoms with E-state index >= 15 is 0 Å². The summed E-state index contributed by atoms with van der Waals surface area (Å²) in [6.45, 7) is 8.16. The highest BCUT2D eigenvalue weighted by Crippen LogP contribution is 2.16. The van der Waals surface area contributed by atoms with Gasteiger partial charge in [0.1, 0.15) is 18.2 Å². The Morgan fingerprint density at radius 3 is 2.66 bits per heavy atom. The van der Waals surface area contributed by atoms with Gasteiger partial charge in [0, 0.05) is 37.1 Å². The molecular formula is C29H37N7O5. The highest BCUT2D eigenvalue weighted by atomic mass is 16.6. The van der Waals surface area contributed by atoms with Crippen LogP contribution in [-0.2, 0) is 27.4 Å². The number of aryl methyl sites for hydroxylation is 1. The summed E-state index contributed by atoms with van der Waals surface area (Å²) in [6.07, 6.45) is 1.78. The van der Waals surface area contributed by atoms with Crippen LogP contribution >= 0.6 is 0 Å². The maximum atomic E-state index is 13.0. The molecule has 1 aromatic heterocycles. The van der Waals surface area contributed by atoms with Gasteiger partial charge in [-0.25, -0.2) is 9.59 Å². The van der Waals surface area contributed by atoms with E-state index in [-0.39, 0.29) is 13.2 Å². The van der Waals surface area contributed by atoms with E-state index in [2.05, 4.69) is 31.4 Å². The first-order chi connectivity index (χ1) is 19.7. The van der Waals surface area contributed by atoms with Crippen LogP contribution < -0.4 is 21.3 Å². The summed E-state index contributed by atoms with van der Waals surface area (Å²) in [6, 6.07) is 13.3. The SMILES string of the molecule is CC(C)(C)OC(=O)[C@H](CNC(=O)c1ccc2c(cnn2CCCNC2=NCCN2)c1)NC(=O)OCc1ccccc1. The van der Waals surface area contributed by atoms with Gasteiger partial charge in [-0.3, -0.25) is 14.5 Å². The first kappa shape index (κ1) is 29.4. The van der Waals surface area contributed by atoms with Gasteiger partial charge in [0.2, 0.25) is 0 Å². The molecule has 0 spiro atoms. The van der Waals surface area contributed by atoms with Gasteiger partial charge in [0.05, 0.1) is 18.3 Å². The van der Waals surface area contributed by atoms with Gasteiger partial charge in [-0.05, 0) is 51.0 Å². The second-order valence-electron chi connectivity index (χ2n) is 10.6. The number of fused-ring (bicyclic) bond motifs is 1. The molecule has 0 saturated carbocycles. The fourth-order valence-corrected chi connectivity index (χ4v) is 4.13. The monoisotopic (exact) mass is 563 g/mol. The highest BCUT2D eigenvalue weighted by Gasteiger charge is 2.28. The molecule has 12 nitrogen and oxygen atoms in total. The lowest BCUT2D eigenvalue weighted by molar-refractivity contribution is -0.157. The number of aromatic nitrogens is 2. The zero-order valence-electron chi connectivity index (χ0n) is 23.6. The van der Waals surface area contributed by atoms with E-state index < -0.39 is 29.6 Å². The third kappa shape index (κ3) is 8.95. The fourth-order valence-electron chi connectivity index (χ4n) is 4.13. The van der Waals surface area contributed by atoms with E-state index in [1.54, 1.807) is 39.1 Å². The minimum absolute atomic E-state index is 0.0385. The predicted molar refractivity (Wildman–Crippen MR) is 154 cm³/mol. The quantitative estimate of drug-likeness (QED) is 0.205. The largest absolute Gasteiger partial charge is 0.458 e. The number of nitrogens with one attached hydrogen (secondary N) is 4. The normalized spacial score (nSPS) is 13.6. The molecule has 41 heavy (non-hydrogen) atoms. The number of amides is 2. The minimum Gasteiger partial charge on any atom is -0.458 e. The third-order valence-electron chi connectivity index (χ3n) is 6.08. The Morgan fingerprint density at radius 1 is 1.12 bits per heavy atom. The summed E-state index contributed by atoms with van der Waals surface area (Å²) in [7, 11) is 0. The van der Waals surface area contributed by atoms with Gasteiger partial charge in [-0.15, -0.1) is 0 Å². The first-order valence-corrected chi connectivity index (χ1v) is 13.6. The highest BCUT2D eigenvalue weighted by molar-refractivity contribution is 5.98. The number of alkyl carbamates (subject to hydrolysis) is 1. The first-order valence-electron chi connectivity index (χ1n) is 13.6. The van der Waals surface area contributed by atoms with Gasteiger partial charge in [-0.1, -0.05) is 30.3 Å². The molecule has 12 heteroatoms. The summed E-state index contributed by atoms with van der Waals surface area (Å²) in [5.74, 6) is -0.252. The van der Waals surface area contributed by atoms with Crippen LogP contribution in [0.25, 0.3) is 10.9 Å². The molecule has 0 bridgehead atoms. The second kappa shape index (κ2) is 13.6. The molecule has 0 aliphatic carbocycles. The predicted octanol–water partition coefficient (Wildman–Crippen LogP) is 2.34. The van der Waals surface area contributed by atoms with Crippen molar-refractivity contribution in [2.24, 2.45) is 4.99 Å². The third-order valence-corrected chi connectivity index (χ3v) is 6.08. The van der Waals surface area contributed by atoms with Gasteiger partial charge in [0.15, 0.2) is 5.96 Å². The smallest absolute Gasteiger partial charge is 0.408 e. The molecule has 0 fully saturated rings. The number of ether oxygens (including phenoxy) is 2. The number of carbonyl (C=O) groups excluding carboxylic acids is 3. The number of rotatable bonds is 11. The van der Waals surface area contributed by atoms with Crippen LogP contribution in [0.15, 0.2) is 59.7 Å². The molecule has 2 heterocycles. The Bertz CT molecular complexity index is 1380. The summed E-state index contributed by atoms with van der Waals surface area (Å²) < 4.78 is 12.6. The van der Waals surface area contributed by atoms with Crippen molar-refractivity contribution in [1.29, 1.82) is 0 Å². The van der Waals surface area contributed by atoms with Crippen LogP contribution in [0, 0.1) is 0 Å². The van der Waals surface area contributed by atoms with Crippen LogP contribution in [-0.4, -0.2) is 71.5 Å². The summed E-state index contributed by atoms with van der Waals surface area (Å²) in [5, 5.41) is 16.9. The summed E-state index contributed by atoms with van der Waals surface area (Å²) >= 11 is 0. The zero-order chi connectivity index (χ0) is 29.2. The van der Waals surface area contributed by atoms with Crippen LogP contribution in [0.2, 0.25) is 0 Å². The Kier molecular flexibility index (Phi) is 9.77. The number of hydrogen-bond donors (Lipinski definition) is 4. The van der Waals surface area contributed by atoms with Crippen molar-refractivity contribution in [1.82, 2.24) is 31.0 Å². The lowest BCUT2D eigenvalue weighted by atomic mass is 10.1. The molecule has 3 aromatic rings. The number of carbonyl (C=O) groups is 3. The second-order valence-corrected chi connectivity index (χ2v) is 10.6. The molecule has 4 rings (SSSR count). The Labute approximate surface area is 238 Å². The van der Waals surface area contributed by atoms with Crippen molar-refractivity contribution in [2.45, 2.75) is 52.0 Å². The minimum atomic E-state index is -1.15. The van der Waals surface area contributed by atoms with Crippen molar-refractivity contribution >= 4 is 34.8 Å². The van der Waals surface area contributed by atoms with Crippen molar-refractivity contribution < 1.29 is 23.9 Å². The van der Waals surface area contributed by atoms with Crippen molar-refractivity contribution in [3.05, 3.63) is 65.9 Å². The summed E-state index contributed by atoms with van der Waals surface area (Å²) in [5.41, 5.74) is 1.33. The van der Waals surface area contributed by atoms with Gasteiger partial charge in [0.25, 0.3) is 5.91 Å². The van der Waals surface area contributed by atoms with Crippen LogP contribution in [0.4, 0.5) is 4.79 Å². The average Bonchev–Trinajstić information content (AvgIpc) is 3.61. The van der Waals surface area contributed by atoms with E-state index in [0.717, 1.165) is 48.5 Å². The Balaban J connectivity index is 1.32. The number of benzene rings is 2. The molecule has 4 N–H and O–H groups in total. The standard InChI is InChI=1S/C29H37N7O5/c1-29(2,3)41-26(38)23(35-28(39)40-19-20-8-5-4-6-9-20)18-33-25(37)21-10-11-24-22(16-21)17-34-36(24)15-7-12-30-27-31-13-14-32-27/h4-6,8-11,16-17,23H,7,12-15,18-19H2,1-3H3,(H,33,37)(H,35,39)(H2,30,31,32)/t23-/m0/s1. The van der Waals surface area contributed by atoms with E-state index in [9.17, 15) is 14.4 Å². The molecule has 2 amide bonds. The molecule has 218 valence electrons. The maximum absolute atomic E-state index is 13.0. The molecule has 0 unspecified atom stereocenters. The molecule has 1 atom stereocenters. The van der Waals surface area contributed by atoms with E-state index in [1.165, 1.54) is 0 Å². The number of hydrogen-bond acceptors (Lipinski definition) is 9. The Hall–Kier alpha value is -4.61. The molecule has 0 saturated heterocycles. The zero-order valence-corrected chi connectivity index (χ0v) is 23.6. The number of aliphatic imine (C=N–C) groups is 1. The lowest BCUT2D eigenvalue weighted by Crippen LogP contribution is -2.50. The number of nitrogens with zero attached hydrogens (tertiary/aromatic N) is 3. The Morgan fingerprint density at radius 2 is 1.93 bits per heavy atom. The van der Waals surface area contributed by atoms with E-state index in [0.29, 0.717) is 12.1 Å². The maximum Gasteiger partial charge on any atom is 0.408 e. The molecule has 0 radical (unpaired) electrons. The van der Waals surface area contributed by atoms with E-state index in [1.807, 2.05) is 41.1 Å². The molecule has 1 aliphatic heterocycles. The van der Waals surface area contributed by atoms with Gasteiger partial charge in [-0.2, -0.15) is 5.10 Å². The van der Waals surface area contributed by atoms with Gasteiger partial charge >= 0.3 is 12.1 Å². The number of guanidine groups is 1. The number of esters is 1. The fraction of sp³-hybridized carbons (Fsp3) is 0.414. The van der Waals surface area contributed by atoms with Crippen LogP contribution in [0.3, 0.4) is 0 Å². The van der Waals surface area contributed by atoms with Crippen LogP contribution in [0.5, 0.6) is 0 Å².